The molecule has 96 valence electrons. The Bertz CT molecular complexity index is 479. The van der Waals surface area contributed by atoms with E-state index in [0.717, 1.165) is 0 Å². The van der Waals surface area contributed by atoms with E-state index in [4.69, 9.17) is 22.0 Å². The van der Waals surface area contributed by atoms with Crippen molar-refractivity contribution in [2.75, 3.05) is 13.2 Å². The Balaban J connectivity index is 2.25. The first-order valence-electron chi connectivity index (χ1n) is 4.33. The second-order valence-electron chi connectivity index (χ2n) is 2.84. The van der Waals surface area contributed by atoms with Crippen LogP contribution >= 0.6 is 20.0 Å². The van der Waals surface area contributed by atoms with Crippen molar-refractivity contribution in [3.63, 3.8) is 0 Å². The van der Waals surface area contributed by atoms with Gasteiger partial charge in [0.1, 0.15) is 6.54 Å². The monoisotopic (exact) mass is 283 g/mol. The summed E-state index contributed by atoms with van der Waals surface area (Å²) < 4.78 is 15.8. The SMILES string of the molecule is O=C(Cn1[nH]nnc1=S)NCCOP(=O)(O)O. The maximum absolute atomic E-state index is 11.3. The lowest BCUT2D eigenvalue weighted by Gasteiger charge is -2.06. The number of rotatable bonds is 6. The lowest BCUT2D eigenvalue weighted by molar-refractivity contribution is -0.122. The Hall–Kier alpha value is -1.13. The van der Waals surface area contributed by atoms with Crippen molar-refractivity contribution in [1.82, 2.24) is 25.5 Å². The fraction of sp³-hybridized carbons (Fsp3) is 0.600. The maximum Gasteiger partial charge on any atom is 0.469 e. The first kappa shape index (κ1) is 13.9. The molecular formula is C5H10N5O5PS. The Morgan fingerprint density at radius 3 is 2.88 bits per heavy atom. The molecule has 4 N–H and O–H groups in total. The van der Waals surface area contributed by atoms with Crippen molar-refractivity contribution < 1.29 is 23.7 Å². The number of aromatic nitrogens is 4. The highest BCUT2D eigenvalue weighted by molar-refractivity contribution is 7.71. The molecule has 12 heteroatoms. The van der Waals surface area contributed by atoms with Gasteiger partial charge in [-0.05, 0) is 12.2 Å². The van der Waals surface area contributed by atoms with Crippen LogP contribution in [0.1, 0.15) is 0 Å². The van der Waals surface area contributed by atoms with Gasteiger partial charge in [0.15, 0.2) is 0 Å². The predicted molar refractivity (Wildman–Crippen MR) is 56.2 cm³/mol. The molecule has 0 aliphatic heterocycles. The highest BCUT2D eigenvalue weighted by atomic mass is 32.1. The average Bonchev–Trinajstić information content (AvgIpc) is 2.58. The molecule has 0 spiro atoms. The van der Waals surface area contributed by atoms with Gasteiger partial charge in [0.25, 0.3) is 0 Å². The van der Waals surface area contributed by atoms with Crippen LogP contribution in [0.4, 0.5) is 0 Å². The van der Waals surface area contributed by atoms with Crippen molar-refractivity contribution in [2.24, 2.45) is 0 Å². The van der Waals surface area contributed by atoms with Gasteiger partial charge in [-0.25, -0.2) is 9.25 Å². The normalized spacial score (nSPS) is 11.4. The summed E-state index contributed by atoms with van der Waals surface area (Å²) in [5, 5.41) is 11.6. The summed E-state index contributed by atoms with van der Waals surface area (Å²) in [6, 6.07) is 0. The summed E-state index contributed by atoms with van der Waals surface area (Å²) in [7, 11) is -4.49. The fourth-order valence-corrected chi connectivity index (χ4v) is 1.35. The summed E-state index contributed by atoms with van der Waals surface area (Å²) in [6.45, 7) is -0.427. The molecule has 0 atom stereocenters. The van der Waals surface area contributed by atoms with Gasteiger partial charge in [0, 0.05) is 6.54 Å². The molecule has 0 fully saturated rings. The number of phosphoric acid groups is 1. The van der Waals surface area contributed by atoms with Crippen LogP contribution in [-0.4, -0.2) is 49.1 Å². The molecular weight excluding hydrogens is 273 g/mol. The van der Waals surface area contributed by atoms with Crippen LogP contribution in [0.2, 0.25) is 0 Å². The van der Waals surface area contributed by atoms with E-state index in [1.807, 2.05) is 0 Å². The molecule has 1 amide bonds. The number of aromatic amines is 1. The van der Waals surface area contributed by atoms with Gasteiger partial charge < -0.3 is 15.1 Å². The highest BCUT2D eigenvalue weighted by Gasteiger charge is 2.13. The first-order valence-corrected chi connectivity index (χ1v) is 6.27. The molecule has 1 aromatic heterocycles. The van der Waals surface area contributed by atoms with Crippen molar-refractivity contribution in [3.05, 3.63) is 4.77 Å². The highest BCUT2D eigenvalue weighted by Crippen LogP contribution is 2.34. The molecule has 0 aromatic carbocycles. The van der Waals surface area contributed by atoms with Crippen LogP contribution in [0.5, 0.6) is 0 Å². The summed E-state index contributed by atoms with van der Waals surface area (Å²) >= 11 is 4.74. The van der Waals surface area contributed by atoms with E-state index in [1.54, 1.807) is 0 Å². The molecule has 0 unspecified atom stereocenters. The Morgan fingerprint density at radius 1 is 1.65 bits per heavy atom. The minimum atomic E-state index is -4.49. The van der Waals surface area contributed by atoms with E-state index in [1.165, 1.54) is 4.68 Å². The average molecular weight is 283 g/mol. The molecule has 1 heterocycles. The van der Waals surface area contributed by atoms with Gasteiger partial charge in [0.2, 0.25) is 10.7 Å². The Labute approximate surface area is 100 Å². The van der Waals surface area contributed by atoms with E-state index in [-0.39, 0.29) is 24.5 Å². The molecule has 0 aliphatic carbocycles. The smallest absolute Gasteiger partial charge is 0.352 e. The number of hydrogen-bond donors (Lipinski definition) is 4. The first-order chi connectivity index (χ1) is 7.88. The summed E-state index contributed by atoms with van der Waals surface area (Å²) in [4.78, 5) is 28.0. The van der Waals surface area contributed by atoms with Crippen LogP contribution in [-0.2, 0) is 20.4 Å². The minimum absolute atomic E-state index is 0.0289. The lowest BCUT2D eigenvalue weighted by Crippen LogP contribution is -2.30. The number of tetrazole rings is 1. The standard InChI is InChI=1S/C5H10N5O5PS/c11-4(3-10-5(17)7-8-9-10)6-1-2-15-16(12,13)14/h1-3H2,(H,6,11)(H,7,9,17)(H2,12,13,14). The van der Waals surface area contributed by atoms with E-state index in [0.29, 0.717) is 0 Å². The second kappa shape index (κ2) is 5.98. The van der Waals surface area contributed by atoms with Crippen molar-refractivity contribution in [1.29, 1.82) is 0 Å². The van der Waals surface area contributed by atoms with Crippen LogP contribution in [0.25, 0.3) is 0 Å². The number of nitrogens with zero attached hydrogens (tertiary/aromatic N) is 3. The van der Waals surface area contributed by atoms with Crippen LogP contribution in [0, 0.1) is 4.77 Å². The molecule has 10 nitrogen and oxygen atoms in total. The topological polar surface area (TPSA) is 142 Å². The summed E-state index contributed by atoms with van der Waals surface area (Å²) in [6.07, 6.45) is 0. The van der Waals surface area contributed by atoms with E-state index < -0.39 is 13.7 Å². The molecule has 0 aliphatic rings. The number of phosphoric ester groups is 1. The van der Waals surface area contributed by atoms with E-state index in [9.17, 15) is 9.36 Å². The fourth-order valence-electron chi connectivity index (χ4n) is 0.873. The molecule has 1 aromatic rings. The molecule has 0 saturated heterocycles. The maximum atomic E-state index is 11.3. The number of H-pyrrole nitrogens is 1. The number of carbonyl (C=O) groups is 1. The lowest BCUT2D eigenvalue weighted by atomic mass is 10.5. The predicted octanol–water partition coefficient (Wildman–Crippen LogP) is -1.44. The zero-order chi connectivity index (χ0) is 12.9. The Morgan fingerprint density at radius 2 is 2.35 bits per heavy atom. The Kier molecular flexibility index (Phi) is 4.90. The third-order valence-corrected chi connectivity index (χ3v) is 2.34. The van der Waals surface area contributed by atoms with Crippen LogP contribution in [0.15, 0.2) is 0 Å². The molecule has 0 bridgehead atoms. The molecule has 0 saturated carbocycles. The van der Waals surface area contributed by atoms with Crippen molar-refractivity contribution in [2.45, 2.75) is 6.54 Å². The van der Waals surface area contributed by atoms with E-state index in [2.05, 4.69) is 25.4 Å². The van der Waals surface area contributed by atoms with Gasteiger partial charge in [-0.1, -0.05) is 10.3 Å². The van der Waals surface area contributed by atoms with Gasteiger partial charge >= 0.3 is 7.82 Å². The third-order valence-electron chi connectivity index (χ3n) is 1.52. The van der Waals surface area contributed by atoms with Crippen LogP contribution < -0.4 is 5.32 Å². The van der Waals surface area contributed by atoms with Gasteiger partial charge in [-0.15, -0.1) is 0 Å². The molecule has 1 rings (SSSR count). The number of hydrogen-bond acceptors (Lipinski definition) is 6. The zero-order valence-corrected chi connectivity index (χ0v) is 10.1. The summed E-state index contributed by atoms with van der Waals surface area (Å²) in [5.74, 6) is -0.415. The second-order valence-corrected chi connectivity index (χ2v) is 4.45. The summed E-state index contributed by atoms with van der Waals surface area (Å²) in [5.41, 5.74) is 0. The largest absolute Gasteiger partial charge is 0.469 e. The number of carbonyl (C=O) groups excluding carboxylic acids is 1. The molecule has 0 radical (unpaired) electrons. The zero-order valence-electron chi connectivity index (χ0n) is 8.44. The van der Waals surface area contributed by atoms with Crippen molar-refractivity contribution in [3.8, 4) is 0 Å². The quantitative estimate of drug-likeness (QED) is 0.282. The molecule has 17 heavy (non-hydrogen) atoms. The van der Waals surface area contributed by atoms with Crippen LogP contribution in [0.3, 0.4) is 0 Å². The van der Waals surface area contributed by atoms with Gasteiger partial charge in [-0.2, -0.15) is 5.21 Å². The third kappa shape index (κ3) is 5.65. The minimum Gasteiger partial charge on any atom is -0.352 e. The number of nitrogens with one attached hydrogen (secondary N) is 2. The van der Waals surface area contributed by atoms with Gasteiger partial charge in [0.05, 0.1) is 6.61 Å². The number of amides is 1. The van der Waals surface area contributed by atoms with Gasteiger partial charge in [-0.3, -0.25) is 9.32 Å². The van der Waals surface area contributed by atoms with E-state index >= 15 is 0 Å². The van der Waals surface area contributed by atoms with Crippen molar-refractivity contribution >= 4 is 25.9 Å².